The molecule has 0 aromatic carbocycles. The summed E-state index contributed by atoms with van der Waals surface area (Å²) in [6.07, 6.45) is 6.28. The van der Waals surface area contributed by atoms with Crippen molar-refractivity contribution in [3.8, 4) is 0 Å². The van der Waals surface area contributed by atoms with Crippen LogP contribution in [0.15, 0.2) is 16.9 Å². The van der Waals surface area contributed by atoms with Crippen LogP contribution in [0.4, 0.5) is 0 Å². The molecular weight excluding hydrogens is 316 g/mol. The number of hydrogen-bond acceptors (Lipinski definition) is 4. The molecule has 0 radical (unpaired) electrons. The van der Waals surface area contributed by atoms with Gasteiger partial charge in [-0.25, -0.2) is 4.68 Å². The Morgan fingerprint density at radius 2 is 1.84 bits per heavy atom. The van der Waals surface area contributed by atoms with Crippen LogP contribution in [0.1, 0.15) is 44.2 Å². The lowest BCUT2D eigenvalue weighted by Gasteiger charge is -2.33. The van der Waals surface area contributed by atoms with Gasteiger partial charge in [-0.1, -0.05) is 6.42 Å². The molecule has 3 heterocycles. The average Bonchev–Trinajstić information content (AvgIpc) is 2.82. The van der Waals surface area contributed by atoms with Crippen molar-refractivity contribution in [2.24, 2.45) is 5.92 Å². The second-order valence-corrected chi connectivity index (χ2v) is 7.47. The van der Waals surface area contributed by atoms with E-state index in [1.165, 1.54) is 6.42 Å². The fraction of sp³-hybridized carbons (Fsp3) is 0.737. The van der Waals surface area contributed by atoms with Crippen LogP contribution in [0.3, 0.4) is 0 Å². The van der Waals surface area contributed by atoms with E-state index >= 15 is 0 Å². The normalized spacial score (nSPS) is 20.7. The third-order valence-corrected chi connectivity index (χ3v) is 5.50. The summed E-state index contributed by atoms with van der Waals surface area (Å²) < 4.78 is 1.62. The molecule has 0 saturated carbocycles. The van der Waals surface area contributed by atoms with E-state index in [0.717, 1.165) is 77.1 Å². The fourth-order valence-corrected chi connectivity index (χ4v) is 3.86. The number of likely N-dealkylation sites (tertiary alicyclic amines) is 2. The van der Waals surface area contributed by atoms with Crippen molar-refractivity contribution in [3.05, 3.63) is 28.2 Å². The van der Waals surface area contributed by atoms with Crippen LogP contribution in [-0.4, -0.2) is 58.2 Å². The van der Waals surface area contributed by atoms with Gasteiger partial charge < -0.3 is 9.80 Å². The van der Waals surface area contributed by atoms with E-state index < -0.39 is 0 Å². The Balaban J connectivity index is 1.43. The Morgan fingerprint density at radius 1 is 1.04 bits per heavy atom. The molecule has 0 spiro atoms. The number of hydrogen-bond donors (Lipinski definition) is 0. The average molecular weight is 346 g/mol. The molecule has 0 N–H and O–H groups in total. The predicted molar refractivity (Wildman–Crippen MR) is 97.4 cm³/mol. The van der Waals surface area contributed by atoms with E-state index in [9.17, 15) is 9.59 Å². The molecule has 1 aromatic rings. The van der Waals surface area contributed by atoms with Crippen molar-refractivity contribution in [1.82, 2.24) is 19.6 Å². The Morgan fingerprint density at radius 3 is 2.64 bits per heavy atom. The van der Waals surface area contributed by atoms with Crippen LogP contribution < -0.4 is 5.56 Å². The number of aromatic nitrogens is 2. The van der Waals surface area contributed by atoms with Crippen molar-refractivity contribution in [2.45, 2.75) is 52.0 Å². The minimum atomic E-state index is -0.00675. The second-order valence-electron chi connectivity index (χ2n) is 7.47. The molecule has 1 aromatic heterocycles. The van der Waals surface area contributed by atoms with Crippen LogP contribution in [0.5, 0.6) is 0 Å². The summed E-state index contributed by atoms with van der Waals surface area (Å²) in [6, 6.07) is 3.38. The van der Waals surface area contributed by atoms with Gasteiger partial charge in [0.05, 0.1) is 5.69 Å². The lowest BCUT2D eigenvalue weighted by molar-refractivity contribution is -0.130. The highest BCUT2D eigenvalue weighted by atomic mass is 16.2. The minimum absolute atomic E-state index is 0.00675. The topological polar surface area (TPSA) is 58.4 Å². The van der Waals surface area contributed by atoms with E-state index in [1.54, 1.807) is 16.8 Å². The molecule has 138 valence electrons. The number of rotatable bonds is 5. The largest absolute Gasteiger partial charge is 0.341 e. The van der Waals surface area contributed by atoms with Crippen molar-refractivity contribution < 1.29 is 4.79 Å². The summed E-state index contributed by atoms with van der Waals surface area (Å²) in [5.74, 6) is 0.848. The third-order valence-electron chi connectivity index (χ3n) is 5.50. The van der Waals surface area contributed by atoms with Gasteiger partial charge in [0.2, 0.25) is 5.91 Å². The summed E-state index contributed by atoms with van der Waals surface area (Å²) in [4.78, 5) is 28.5. The molecule has 0 atom stereocenters. The van der Waals surface area contributed by atoms with Crippen LogP contribution >= 0.6 is 0 Å². The van der Waals surface area contributed by atoms with Gasteiger partial charge in [0.25, 0.3) is 5.56 Å². The molecule has 0 aliphatic carbocycles. The monoisotopic (exact) mass is 346 g/mol. The van der Waals surface area contributed by atoms with Gasteiger partial charge >= 0.3 is 0 Å². The number of nitrogens with zero attached hydrogens (tertiary/aromatic N) is 4. The maximum absolute atomic E-state index is 12.1. The first kappa shape index (κ1) is 18.1. The quantitative estimate of drug-likeness (QED) is 0.814. The first-order valence-corrected chi connectivity index (χ1v) is 9.67. The number of carbonyl (C=O) groups is 1. The van der Waals surface area contributed by atoms with Gasteiger partial charge in [0.1, 0.15) is 0 Å². The number of carbonyl (C=O) groups excluding carboxylic acids is 1. The Labute approximate surface area is 149 Å². The Kier molecular flexibility index (Phi) is 6.24. The molecule has 0 unspecified atom stereocenters. The van der Waals surface area contributed by atoms with Gasteiger partial charge in [-0.15, -0.1) is 0 Å². The summed E-state index contributed by atoms with van der Waals surface area (Å²) in [5.41, 5.74) is 0.881. The standard InChI is InChI=1S/C19H30N4O2/c1-16-6-7-19(25)23(20-16)15-17-8-11-21(12-9-17)13-14-22-10-4-2-3-5-18(22)24/h6-7,17H,2-5,8-15H2,1H3. The molecule has 2 aliphatic rings. The molecule has 2 fully saturated rings. The van der Waals surface area contributed by atoms with E-state index in [0.29, 0.717) is 11.8 Å². The molecule has 2 aliphatic heterocycles. The number of piperidine rings is 1. The highest BCUT2D eigenvalue weighted by Gasteiger charge is 2.22. The Hall–Kier alpha value is -1.69. The Bertz CT molecular complexity index is 635. The van der Waals surface area contributed by atoms with Gasteiger partial charge in [-0.2, -0.15) is 5.10 Å². The zero-order valence-corrected chi connectivity index (χ0v) is 15.3. The predicted octanol–water partition coefficient (Wildman–Crippen LogP) is 1.67. The van der Waals surface area contributed by atoms with Gasteiger partial charge in [0, 0.05) is 38.7 Å². The summed E-state index contributed by atoms with van der Waals surface area (Å²) >= 11 is 0. The minimum Gasteiger partial charge on any atom is -0.341 e. The molecule has 1 amide bonds. The number of aryl methyl sites for hydroxylation is 1. The van der Waals surface area contributed by atoms with E-state index in [4.69, 9.17) is 0 Å². The molecule has 6 heteroatoms. The highest BCUT2D eigenvalue weighted by Crippen LogP contribution is 2.18. The van der Waals surface area contributed by atoms with Gasteiger partial charge in [0.15, 0.2) is 0 Å². The van der Waals surface area contributed by atoms with Crippen molar-refractivity contribution >= 4 is 5.91 Å². The summed E-state index contributed by atoms with van der Waals surface area (Å²) in [7, 11) is 0. The first-order valence-electron chi connectivity index (χ1n) is 9.67. The molecule has 0 bridgehead atoms. The zero-order valence-electron chi connectivity index (χ0n) is 15.3. The van der Waals surface area contributed by atoms with Crippen LogP contribution in [0.25, 0.3) is 0 Å². The zero-order chi connectivity index (χ0) is 17.6. The van der Waals surface area contributed by atoms with E-state index in [2.05, 4.69) is 14.9 Å². The molecule has 3 rings (SSSR count). The van der Waals surface area contributed by atoms with Crippen LogP contribution in [-0.2, 0) is 11.3 Å². The lowest BCUT2D eigenvalue weighted by atomic mass is 9.97. The van der Waals surface area contributed by atoms with Gasteiger partial charge in [-0.3, -0.25) is 9.59 Å². The summed E-state index contributed by atoms with van der Waals surface area (Å²) in [6.45, 7) is 7.50. The fourth-order valence-electron chi connectivity index (χ4n) is 3.86. The maximum atomic E-state index is 12.1. The van der Waals surface area contributed by atoms with Crippen molar-refractivity contribution in [1.29, 1.82) is 0 Å². The van der Waals surface area contributed by atoms with Crippen molar-refractivity contribution in [2.75, 3.05) is 32.7 Å². The van der Waals surface area contributed by atoms with Crippen molar-refractivity contribution in [3.63, 3.8) is 0 Å². The van der Waals surface area contributed by atoms with Crippen LogP contribution in [0.2, 0.25) is 0 Å². The van der Waals surface area contributed by atoms with Gasteiger partial charge in [-0.05, 0) is 57.7 Å². The van der Waals surface area contributed by atoms with E-state index in [1.807, 2.05) is 6.92 Å². The molecule has 2 saturated heterocycles. The second kappa shape index (κ2) is 8.61. The summed E-state index contributed by atoms with van der Waals surface area (Å²) in [5, 5.41) is 4.35. The van der Waals surface area contributed by atoms with Crippen LogP contribution in [0, 0.1) is 12.8 Å². The SMILES string of the molecule is Cc1ccc(=O)n(CC2CCN(CCN3CCCCCC3=O)CC2)n1. The first-order chi connectivity index (χ1) is 12.1. The molecule has 25 heavy (non-hydrogen) atoms. The van der Waals surface area contributed by atoms with E-state index in [-0.39, 0.29) is 5.56 Å². The smallest absolute Gasteiger partial charge is 0.266 e. The highest BCUT2D eigenvalue weighted by molar-refractivity contribution is 5.76. The maximum Gasteiger partial charge on any atom is 0.266 e. The molecular formula is C19H30N4O2. The molecule has 6 nitrogen and oxygen atoms in total. The lowest BCUT2D eigenvalue weighted by Crippen LogP contribution is -2.42. The third kappa shape index (κ3) is 5.14. The number of amides is 1.